The molecule has 0 atom stereocenters. The van der Waals surface area contributed by atoms with Crippen molar-refractivity contribution in [3.05, 3.63) is 29.3 Å². The van der Waals surface area contributed by atoms with E-state index in [0.29, 0.717) is 44.1 Å². The van der Waals surface area contributed by atoms with Gasteiger partial charge >= 0.3 is 6.18 Å². The van der Waals surface area contributed by atoms with Gasteiger partial charge in [-0.05, 0) is 30.5 Å². The van der Waals surface area contributed by atoms with Crippen LogP contribution in [0, 0.1) is 0 Å². The standard InChI is InChI=1S/C20H28F3NO2/c1-2-3-4-5-6-7-13-25-18-10-8-16(15-17(18)20(21,22)23)9-11-19-24-12-14-26-19/h8,10,15H,2-7,9,11-14H2,1H3. The molecule has 1 aromatic carbocycles. The molecule has 2 rings (SSSR count). The van der Waals surface area contributed by atoms with Crippen LogP contribution in [0.2, 0.25) is 0 Å². The lowest BCUT2D eigenvalue weighted by Crippen LogP contribution is -2.10. The molecule has 1 aromatic rings. The van der Waals surface area contributed by atoms with Crippen molar-refractivity contribution in [2.24, 2.45) is 4.99 Å². The summed E-state index contributed by atoms with van der Waals surface area (Å²) in [5, 5.41) is 0. The van der Waals surface area contributed by atoms with E-state index in [9.17, 15) is 13.2 Å². The number of alkyl halides is 3. The number of halogens is 3. The highest BCUT2D eigenvalue weighted by Gasteiger charge is 2.34. The fourth-order valence-corrected chi connectivity index (χ4v) is 2.93. The molecule has 0 saturated carbocycles. The van der Waals surface area contributed by atoms with Gasteiger partial charge in [0, 0.05) is 6.42 Å². The van der Waals surface area contributed by atoms with Gasteiger partial charge in [0.2, 0.25) is 0 Å². The summed E-state index contributed by atoms with van der Waals surface area (Å²) in [5.74, 6) is 0.547. The lowest BCUT2D eigenvalue weighted by Gasteiger charge is -2.15. The predicted molar refractivity (Wildman–Crippen MR) is 96.9 cm³/mol. The number of benzene rings is 1. The van der Waals surface area contributed by atoms with E-state index in [1.807, 2.05) is 0 Å². The summed E-state index contributed by atoms with van der Waals surface area (Å²) in [6.07, 6.45) is 3.00. The summed E-state index contributed by atoms with van der Waals surface area (Å²) in [5.41, 5.74) is -0.0855. The van der Waals surface area contributed by atoms with Gasteiger partial charge in [0.25, 0.3) is 0 Å². The van der Waals surface area contributed by atoms with Crippen molar-refractivity contribution in [1.29, 1.82) is 0 Å². The van der Waals surface area contributed by atoms with E-state index in [2.05, 4.69) is 11.9 Å². The zero-order valence-electron chi connectivity index (χ0n) is 15.4. The summed E-state index contributed by atoms with van der Waals surface area (Å²) in [6.45, 7) is 3.67. The maximum atomic E-state index is 13.4. The van der Waals surface area contributed by atoms with E-state index in [-0.39, 0.29) is 5.75 Å². The Bertz CT molecular complexity index is 585. The van der Waals surface area contributed by atoms with Gasteiger partial charge in [-0.3, -0.25) is 4.99 Å². The second kappa shape index (κ2) is 10.4. The van der Waals surface area contributed by atoms with Crippen LogP contribution < -0.4 is 4.74 Å². The fourth-order valence-electron chi connectivity index (χ4n) is 2.93. The molecule has 0 spiro atoms. The van der Waals surface area contributed by atoms with Gasteiger partial charge < -0.3 is 9.47 Å². The summed E-state index contributed by atoms with van der Waals surface area (Å²) >= 11 is 0. The molecule has 0 amide bonds. The highest BCUT2D eigenvalue weighted by Crippen LogP contribution is 2.37. The number of aryl methyl sites for hydroxylation is 1. The molecule has 0 unspecified atom stereocenters. The van der Waals surface area contributed by atoms with Crippen LogP contribution in [0.15, 0.2) is 23.2 Å². The first-order chi connectivity index (χ1) is 12.5. The molecule has 0 saturated heterocycles. The molecule has 0 fully saturated rings. The molecule has 1 aliphatic rings. The number of rotatable bonds is 11. The molecule has 1 heterocycles. The monoisotopic (exact) mass is 371 g/mol. The van der Waals surface area contributed by atoms with E-state index < -0.39 is 11.7 Å². The first-order valence-corrected chi connectivity index (χ1v) is 9.49. The Morgan fingerprint density at radius 3 is 2.54 bits per heavy atom. The molecular formula is C20H28F3NO2. The number of unbranched alkanes of at least 4 members (excludes halogenated alkanes) is 5. The Kier molecular flexibility index (Phi) is 8.26. The third-order valence-corrected chi connectivity index (χ3v) is 4.38. The van der Waals surface area contributed by atoms with Crippen molar-refractivity contribution in [3.8, 4) is 5.75 Å². The average Bonchev–Trinajstić information content (AvgIpc) is 3.12. The van der Waals surface area contributed by atoms with Crippen molar-refractivity contribution in [2.45, 2.75) is 64.5 Å². The average molecular weight is 371 g/mol. The first-order valence-electron chi connectivity index (χ1n) is 9.49. The van der Waals surface area contributed by atoms with Crippen LogP contribution in [0.1, 0.15) is 63.0 Å². The number of nitrogens with zero attached hydrogens (tertiary/aromatic N) is 1. The van der Waals surface area contributed by atoms with Crippen molar-refractivity contribution in [2.75, 3.05) is 19.8 Å². The molecular weight excluding hydrogens is 343 g/mol. The largest absolute Gasteiger partial charge is 0.493 e. The van der Waals surface area contributed by atoms with Gasteiger partial charge in [-0.2, -0.15) is 13.2 Å². The predicted octanol–water partition coefficient (Wildman–Crippen LogP) is 5.81. The van der Waals surface area contributed by atoms with Crippen molar-refractivity contribution < 1.29 is 22.6 Å². The molecule has 26 heavy (non-hydrogen) atoms. The zero-order valence-corrected chi connectivity index (χ0v) is 15.4. The number of ether oxygens (including phenoxy) is 2. The van der Waals surface area contributed by atoms with Crippen LogP contribution in [-0.2, 0) is 17.3 Å². The number of hydrogen-bond donors (Lipinski definition) is 0. The highest BCUT2D eigenvalue weighted by atomic mass is 19.4. The van der Waals surface area contributed by atoms with Crippen molar-refractivity contribution in [1.82, 2.24) is 0 Å². The van der Waals surface area contributed by atoms with Gasteiger partial charge in [0.1, 0.15) is 12.4 Å². The fraction of sp³-hybridized carbons (Fsp3) is 0.650. The molecule has 6 heteroatoms. The highest BCUT2D eigenvalue weighted by molar-refractivity contribution is 5.77. The Morgan fingerprint density at radius 1 is 1.08 bits per heavy atom. The Hall–Kier alpha value is -1.72. The van der Waals surface area contributed by atoms with Crippen molar-refractivity contribution in [3.63, 3.8) is 0 Å². The molecule has 0 radical (unpaired) electrons. The van der Waals surface area contributed by atoms with E-state index in [0.717, 1.165) is 19.3 Å². The Labute approximate surface area is 153 Å². The van der Waals surface area contributed by atoms with Gasteiger partial charge in [-0.15, -0.1) is 0 Å². The van der Waals surface area contributed by atoms with E-state index in [1.165, 1.54) is 31.4 Å². The molecule has 0 aromatic heterocycles. The number of hydrogen-bond acceptors (Lipinski definition) is 3. The molecule has 0 bridgehead atoms. The SMILES string of the molecule is CCCCCCCCOc1ccc(CCC2=NCCO2)cc1C(F)(F)F. The quantitative estimate of drug-likeness (QED) is 0.460. The topological polar surface area (TPSA) is 30.8 Å². The minimum Gasteiger partial charge on any atom is -0.493 e. The maximum Gasteiger partial charge on any atom is 0.419 e. The van der Waals surface area contributed by atoms with Crippen LogP contribution in [0.4, 0.5) is 13.2 Å². The van der Waals surface area contributed by atoms with Crippen molar-refractivity contribution >= 4 is 5.90 Å². The summed E-state index contributed by atoms with van der Waals surface area (Å²) in [6, 6.07) is 4.32. The summed E-state index contributed by atoms with van der Waals surface area (Å²) in [4.78, 5) is 4.16. The zero-order chi connectivity index (χ0) is 18.8. The Morgan fingerprint density at radius 2 is 1.85 bits per heavy atom. The van der Waals surface area contributed by atoms with E-state index >= 15 is 0 Å². The van der Waals surface area contributed by atoms with Crippen LogP contribution >= 0.6 is 0 Å². The lowest BCUT2D eigenvalue weighted by atomic mass is 10.0. The number of aliphatic imine (C=N–C) groups is 1. The second-order valence-corrected chi connectivity index (χ2v) is 6.57. The summed E-state index contributed by atoms with van der Waals surface area (Å²) < 4.78 is 50.8. The summed E-state index contributed by atoms with van der Waals surface area (Å²) in [7, 11) is 0. The van der Waals surface area contributed by atoms with Gasteiger partial charge in [-0.1, -0.05) is 45.1 Å². The van der Waals surface area contributed by atoms with Crippen LogP contribution in [0.25, 0.3) is 0 Å². The Balaban J connectivity index is 1.88. The van der Waals surface area contributed by atoms with E-state index in [4.69, 9.17) is 9.47 Å². The molecule has 146 valence electrons. The third-order valence-electron chi connectivity index (χ3n) is 4.38. The minimum atomic E-state index is -4.42. The van der Waals surface area contributed by atoms with Gasteiger partial charge in [0.05, 0.1) is 18.7 Å². The molecule has 1 aliphatic heterocycles. The third kappa shape index (κ3) is 6.89. The van der Waals surface area contributed by atoms with E-state index in [1.54, 1.807) is 6.07 Å². The second-order valence-electron chi connectivity index (χ2n) is 6.57. The maximum absolute atomic E-state index is 13.4. The smallest absolute Gasteiger partial charge is 0.419 e. The first kappa shape index (κ1) is 20.6. The molecule has 3 nitrogen and oxygen atoms in total. The normalized spacial score (nSPS) is 14.2. The molecule has 0 aliphatic carbocycles. The molecule has 0 N–H and O–H groups in total. The lowest BCUT2D eigenvalue weighted by molar-refractivity contribution is -0.139. The van der Waals surface area contributed by atoms with Gasteiger partial charge in [0.15, 0.2) is 5.90 Å². The van der Waals surface area contributed by atoms with Crippen LogP contribution in [0.3, 0.4) is 0 Å². The minimum absolute atomic E-state index is 0.0794. The van der Waals surface area contributed by atoms with Gasteiger partial charge in [-0.25, -0.2) is 0 Å². The van der Waals surface area contributed by atoms with Crippen LogP contribution in [0.5, 0.6) is 5.75 Å². The van der Waals surface area contributed by atoms with Crippen LogP contribution in [-0.4, -0.2) is 25.7 Å².